The normalized spacial score (nSPS) is 11.4. The zero-order valence-corrected chi connectivity index (χ0v) is 6.55. The molecule has 1 heterocycles. The van der Waals surface area contributed by atoms with E-state index < -0.39 is 29.8 Å². The number of pyridine rings is 1. The number of carboxylic acids is 1. The fourth-order valence-electron chi connectivity index (χ4n) is 0.948. The lowest BCUT2D eigenvalue weighted by Gasteiger charge is -2.17. The van der Waals surface area contributed by atoms with Crippen molar-refractivity contribution in [2.45, 2.75) is 0 Å². The zero-order valence-electron chi connectivity index (χ0n) is 6.55. The van der Waals surface area contributed by atoms with E-state index in [0.29, 0.717) is 12.4 Å². The smallest absolute Gasteiger partial charge is 0.478 e. The Hall–Kier alpha value is -1.60. The Labute approximate surface area is 75.4 Å². The lowest BCUT2D eigenvalue weighted by Crippen LogP contribution is -2.41. The van der Waals surface area contributed by atoms with Crippen LogP contribution >= 0.6 is 0 Å². The summed E-state index contributed by atoms with van der Waals surface area (Å²) < 4.78 is 49.3. The summed E-state index contributed by atoms with van der Waals surface area (Å²) in [5, 5.41) is 8.36. The molecular formula is C6H3BF4NO2-. The first kappa shape index (κ1) is 10.5. The largest absolute Gasteiger partial charge is 0.513 e. The molecule has 0 bridgehead atoms. The molecule has 0 saturated heterocycles. The number of nitrogens with zero attached hydrogens (tertiary/aromatic N) is 1. The first-order valence-corrected chi connectivity index (χ1v) is 3.40. The Morgan fingerprint density at radius 3 is 2.29 bits per heavy atom. The van der Waals surface area contributed by atoms with Gasteiger partial charge in [0, 0.05) is 6.20 Å². The number of hydrogen-bond donors (Lipinski definition) is 1. The van der Waals surface area contributed by atoms with Gasteiger partial charge in [-0.05, 0) is 0 Å². The maximum atomic E-state index is 12.7. The molecule has 1 rings (SSSR count). The number of rotatable bonds is 2. The van der Waals surface area contributed by atoms with Gasteiger partial charge >= 0.3 is 12.9 Å². The molecule has 0 aromatic carbocycles. The summed E-state index contributed by atoms with van der Waals surface area (Å²) in [6.45, 7) is -5.69. The lowest BCUT2D eigenvalue weighted by atomic mass is 9.77. The first-order valence-electron chi connectivity index (χ1n) is 3.40. The third kappa shape index (κ3) is 1.83. The molecule has 0 radical (unpaired) electrons. The Morgan fingerprint density at radius 1 is 1.36 bits per heavy atom. The van der Waals surface area contributed by atoms with Crippen molar-refractivity contribution in [2.24, 2.45) is 0 Å². The predicted molar refractivity (Wildman–Crippen MR) is 39.9 cm³/mol. The van der Waals surface area contributed by atoms with Gasteiger partial charge in [-0.2, -0.15) is 0 Å². The maximum absolute atomic E-state index is 12.7. The van der Waals surface area contributed by atoms with Crippen LogP contribution in [0.15, 0.2) is 12.4 Å². The van der Waals surface area contributed by atoms with Crippen molar-refractivity contribution in [1.82, 2.24) is 4.98 Å². The van der Waals surface area contributed by atoms with Gasteiger partial charge in [0.15, 0.2) is 0 Å². The minimum absolute atomic E-state index is 0.330. The van der Waals surface area contributed by atoms with Crippen LogP contribution in [-0.4, -0.2) is 23.0 Å². The molecule has 0 atom stereocenters. The predicted octanol–water partition coefficient (Wildman–Crippen LogP) is 0.973. The highest BCUT2D eigenvalue weighted by atomic mass is 19.4. The van der Waals surface area contributed by atoms with Crippen molar-refractivity contribution in [3.8, 4) is 0 Å². The van der Waals surface area contributed by atoms with Crippen LogP contribution in [0, 0.1) is 5.82 Å². The summed E-state index contributed by atoms with van der Waals surface area (Å²) in [7, 11) is 0. The number of halogens is 4. The van der Waals surface area contributed by atoms with Crippen LogP contribution in [0.3, 0.4) is 0 Å². The monoisotopic (exact) mass is 208 g/mol. The van der Waals surface area contributed by atoms with Crippen LogP contribution in [0.4, 0.5) is 17.3 Å². The van der Waals surface area contributed by atoms with Crippen LogP contribution in [0.5, 0.6) is 0 Å². The first-order chi connectivity index (χ1) is 6.34. The molecule has 0 fully saturated rings. The molecule has 0 spiro atoms. The lowest BCUT2D eigenvalue weighted by molar-refractivity contribution is 0.0696. The zero-order chi connectivity index (χ0) is 10.9. The molecule has 0 saturated carbocycles. The van der Waals surface area contributed by atoms with Crippen molar-refractivity contribution in [2.75, 3.05) is 0 Å². The van der Waals surface area contributed by atoms with Crippen LogP contribution in [0.2, 0.25) is 0 Å². The topological polar surface area (TPSA) is 50.2 Å². The van der Waals surface area contributed by atoms with E-state index in [1.54, 1.807) is 0 Å². The van der Waals surface area contributed by atoms with Crippen molar-refractivity contribution in [3.63, 3.8) is 0 Å². The number of carbonyl (C=O) groups is 1. The van der Waals surface area contributed by atoms with Crippen molar-refractivity contribution in [1.29, 1.82) is 0 Å². The molecule has 0 aliphatic heterocycles. The highest BCUT2D eigenvalue weighted by molar-refractivity contribution is 6.74. The van der Waals surface area contributed by atoms with Gasteiger partial charge in [-0.15, -0.1) is 0 Å². The van der Waals surface area contributed by atoms with E-state index in [0.717, 1.165) is 0 Å². The van der Waals surface area contributed by atoms with Gasteiger partial charge in [-0.25, -0.2) is 9.18 Å². The fraction of sp³-hybridized carbons (Fsp3) is 0. The summed E-state index contributed by atoms with van der Waals surface area (Å²) >= 11 is 0. The summed E-state index contributed by atoms with van der Waals surface area (Å²) in [6, 6.07) is 0. The average Bonchev–Trinajstić information content (AvgIpc) is 2.01. The van der Waals surface area contributed by atoms with Gasteiger partial charge in [-0.1, -0.05) is 5.46 Å². The van der Waals surface area contributed by atoms with E-state index in [2.05, 4.69) is 4.98 Å². The highest BCUT2D eigenvalue weighted by Crippen LogP contribution is 2.13. The van der Waals surface area contributed by atoms with Crippen LogP contribution < -0.4 is 5.46 Å². The average molecular weight is 208 g/mol. The van der Waals surface area contributed by atoms with Gasteiger partial charge in [-0.3, -0.25) is 4.98 Å². The standard InChI is InChI=1S/C6H3BF4NO2/c8-4-2-12-1-3(6(13)14)5(4)7(9,10)11/h1-2H,(H,13,14)/q-1. The number of carboxylic acid groups (broad SMARTS) is 1. The second-order valence-electron chi connectivity index (χ2n) is 2.46. The second-order valence-corrected chi connectivity index (χ2v) is 2.46. The fourth-order valence-corrected chi connectivity index (χ4v) is 0.948. The Balaban J connectivity index is 3.45. The Bertz CT molecular complexity index is 379. The molecule has 0 unspecified atom stereocenters. The van der Waals surface area contributed by atoms with E-state index in [1.807, 2.05) is 0 Å². The van der Waals surface area contributed by atoms with Crippen molar-refractivity contribution in [3.05, 3.63) is 23.8 Å². The van der Waals surface area contributed by atoms with Gasteiger partial charge in [0.1, 0.15) is 5.82 Å². The van der Waals surface area contributed by atoms with Crippen LogP contribution in [0.1, 0.15) is 10.4 Å². The van der Waals surface area contributed by atoms with Crippen molar-refractivity contribution >= 4 is 18.4 Å². The number of aromatic carboxylic acids is 1. The van der Waals surface area contributed by atoms with Crippen LogP contribution in [0.25, 0.3) is 0 Å². The highest BCUT2D eigenvalue weighted by Gasteiger charge is 2.33. The maximum Gasteiger partial charge on any atom is 0.513 e. The number of hydrogen-bond acceptors (Lipinski definition) is 2. The van der Waals surface area contributed by atoms with E-state index in [1.165, 1.54) is 0 Å². The van der Waals surface area contributed by atoms with E-state index in [9.17, 15) is 22.1 Å². The molecule has 8 heteroatoms. The van der Waals surface area contributed by atoms with Gasteiger partial charge in [0.2, 0.25) is 0 Å². The van der Waals surface area contributed by atoms with Crippen LogP contribution in [-0.2, 0) is 0 Å². The molecular weight excluding hydrogens is 205 g/mol. The second kappa shape index (κ2) is 3.28. The van der Waals surface area contributed by atoms with Gasteiger partial charge in [0.25, 0.3) is 0 Å². The molecule has 1 N–H and O–H groups in total. The Kier molecular flexibility index (Phi) is 2.46. The molecule has 3 nitrogen and oxygen atoms in total. The van der Waals surface area contributed by atoms with Gasteiger partial charge < -0.3 is 18.1 Å². The molecule has 0 amide bonds. The summed E-state index contributed by atoms with van der Waals surface area (Å²) in [5.41, 5.74) is -2.91. The quantitative estimate of drug-likeness (QED) is 0.581. The molecule has 76 valence electrons. The molecule has 1 aromatic rings. The third-order valence-corrected chi connectivity index (χ3v) is 1.50. The van der Waals surface area contributed by atoms with E-state index in [-0.39, 0.29) is 0 Å². The molecule has 1 aromatic heterocycles. The van der Waals surface area contributed by atoms with E-state index >= 15 is 0 Å². The third-order valence-electron chi connectivity index (χ3n) is 1.50. The van der Waals surface area contributed by atoms with Gasteiger partial charge in [0.05, 0.1) is 11.8 Å². The van der Waals surface area contributed by atoms with Crippen molar-refractivity contribution < 1.29 is 27.2 Å². The summed E-state index contributed by atoms with van der Waals surface area (Å²) in [5.74, 6) is -3.52. The molecule has 0 aliphatic carbocycles. The minimum Gasteiger partial charge on any atom is -0.478 e. The SMILES string of the molecule is O=C(O)c1cncc(F)c1[B-](F)(F)F. The number of aromatic nitrogens is 1. The summed E-state index contributed by atoms with van der Waals surface area (Å²) in [4.78, 5) is 13.4. The minimum atomic E-state index is -5.69. The van der Waals surface area contributed by atoms with E-state index in [4.69, 9.17) is 5.11 Å². The molecule has 14 heavy (non-hydrogen) atoms. The summed E-state index contributed by atoms with van der Waals surface area (Å²) in [6.07, 6.45) is 0.799. The Morgan fingerprint density at radius 2 is 1.93 bits per heavy atom. The molecule has 0 aliphatic rings.